The van der Waals surface area contributed by atoms with E-state index in [0.717, 1.165) is 31.3 Å². The molecule has 4 heteroatoms. The van der Waals surface area contributed by atoms with Gasteiger partial charge >= 0.3 is 0 Å². The normalized spacial score (nSPS) is 26.4. The van der Waals surface area contributed by atoms with Crippen molar-refractivity contribution >= 4 is 0 Å². The van der Waals surface area contributed by atoms with Crippen molar-refractivity contribution in [2.24, 2.45) is 0 Å². The van der Waals surface area contributed by atoms with Gasteiger partial charge in [0.05, 0.1) is 0 Å². The zero-order chi connectivity index (χ0) is 11.4. The van der Waals surface area contributed by atoms with Crippen molar-refractivity contribution in [3.63, 3.8) is 0 Å². The summed E-state index contributed by atoms with van der Waals surface area (Å²) in [5, 5.41) is 3.62. The third-order valence-electron chi connectivity index (χ3n) is 3.46. The molecule has 1 saturated heterocycles. The van der Waals surface area contributed by atoms with Crippen LogP contribution in [0.3, 0.4) is 0 Å². The first-order chi connectivity index (χ1) is 7.75. The van der Waals surface area contributed by atoms with Crippen LogP contribution in [0.4, 0.5) is 0 Å². The highest BCUT2D eigenvalue weighted by molar-refractivity contribution is 4.88. The third kappa shape index (κ3) is 3.06. The van der Waals surface area contributed by atoms with Crippen LogP contribution in [0.2, 0.25) is 0 Å². The molecule has 4 nitrogen and oxygen atoms in total. The first kappa shape index (κ1) is 11.6. The summed E-state index contributed by atoms with van der Waals surface area (Å²) >= 11 is 0. The number of hydrogen-bond donors (Lipinski definition) is 2. The first-order valence-electron chi connectivity index (χ1n) is 6.17. The molecule has 2 atom stereocenters. The van der Waals surface area contributed by atoms with Gasteiger partial charge in [0.15, 0.2) is 0 Å². The van der Waals surface area contributed by atoms with Crippen LogP contribution in [0.5, 0.6) is 0 Å². The maximum atomic E-state index is 4.22. The number of rotatable bonds is 5. The van der Waals surface area contributed by atoms with Gasteiger partial charge in [0.1, 0.15) is 5.82 Å². The number of aromatic amines is 1. The lowest BCUT2D eigenvalue weighted by molar-refractivity contribution is 0.326. The standard InChI is InChI=1S/C12H22N4/c1-10-8-11(9-16(10)2)13-5-3-4-12-14-6-7-15-12/h6-7,10-11,13H,3-5,8-9H2,1-2H3,(H,14,15). The van der Waals surface area contributed by atoms with Gasteiger partial charge in [-0.3, -0.25) is 0 Å². The summed E-state index contributed by atoms with van der Waals surface area (Å²) in [5.41, 5.74) is 0. The Morgan fingerprint density at radius 3 is 3.12 bits per heavy atom. The van der Waals surface area contributed by atoms with Crippen molar-refractivity contribution in [2.75, 3.05) is 20.1 Å². The number of imidazole rings is 1. The van der Waals surface area contributed by atoms with E-state index in [9.17, 15) is 0 Å². The Labute approximate surface area is 97.4 Å². The molecule has 16 heavy (non-hydrogen) atoms. The van der Waals surface area contributed by atoms with Crippen LogP contribution in [0, 0.1) is 0 Å². The van der Waals surface area contributed by atoms with E-state index >= 15 is 0 Å². The maximum absolute atomic E-state index is 4.22. The summed E-state index contributed by atoms with van der Waals surface area (Å²) < 4.78 is 0. The fourth-order valence-corrected chi connectivity index (χ4v) is 2.34. The van der Waals surface area contributed by atoms with Gasteiger partial charge in [-0.1, -0.05) is 0 Å². The summed E-state index contributed by atoms with van der Waals surface area (Å²) in [7, 11) is 2.20. The SMILES string of the molecule is CC1CC(NCCCc2ncc[nH]2)CN1C. The number of aryl methyl sites for hydroxylation is 1. The zero-order valence-electron chi connectivity index (χ0n) is 10.2. The van der Waals surface area contributed by atoms with E-state index in [1.54, 1.807) is 0 Å². The molecule has 1 fully saturated rings. The summed E-state index contributed by atoms with van der Waals surface area (Å²) in [4.78, 5) is 9.77. The fraction of sp³-hybridized carbons (Fsp3) is 0.750. The Bertz CT molecular complexity index is 286. The van der Waals surface area contributed by atoms with Crippen molar-refractivity contribution in [2.45, 2.75) is 38.3 Å². The number of nitrogens with one attached hydrogen (secondary N) is 2. The van der Waals surface area contributed by atoms with Crippen molar-refractivity contribution < 1.29 is 0 Å². The van der Waals surface area contributed by atoms with Crippen LogP contribution in [0.1, 0.15) is 25.6 Å². The van der Waals surface area contributed by atoms with E-state index in [-0.39, 0.29) is 0 Å². The number of H-pyrrole nitrogens is 1. The van der Waals surface area contributed by atoms with Crippen molar-refractivity contribution in [1.82, 2.24) is 20.2 Å². The van der Waals surface area contributed by atoms with Crippen molar-refractivity contribution in [3.05, 3.63) is 18.2 Å². The molecular formula is C12H22N4. The molecule has 1 aliphatic heterocycles. The average Bonchev–Trinajstić information content (AvgIpc) is 2.85. The highest BCUT2D eigenvalue weighted by Crippen LogP contribution is 2.14. The molecule has 0 aliphatic carbocycles. The summed E-state index contributed by atoms with van der Waals surface area (Å²) in [6, 6.07) is 1.40. The number of nitrogens with zero attached hydrogens (tertiary/aromatic N) is 2. The molecule has 0 radical (unpaired) electrons. The second-order valence-corrected chi connectivity index (χ2v) is 4.81. The monoisotopic (exact) mass is 222 g/mol. The minimum absolute atomic E-state index is 0.677. The molecule has 2 heterocycles. The molecule has 1 aliphatic rings. The van der Waals surface area contributed by atoms with E-state index in [1.165, 1.54) is 13.0 Å². The second kappa shape index (κ2) is 5.46. The summed E-state index contributed by atoms with van der Waals surface area (Å²) in [6.07, 6.45) is 7.17. The van der Waals surface area contributed by atoms with Crippen molar-refractivity contribution in [1.29, 1.82) is 0 Å². The summed E-state index contributed by atoms with van der Waals surface area (Å²) in [6.45, 7) is 4.57. The van der Waals surface area contributed by atoms with E-state index in [0.29, 0.717) is 6.04 Å². The molecule has 2 unspecified atom stereocenters. The Balaban J connectivity index is 1.59. The van der Waals surface area contributed by atoms with Gasteiger partial charge in [0, 0.05) is 37.4 Å². The molecular weight excluding hydrogens is 200 g/mol. The molecule has 2 N–H and O–H groups in total. The summed E-state index contributed by atoms with van der Waals surface area (Å²) in [5.74, 6) is 1.10. The molecule has 0 bridgehead atoms. The van der Waals surface area contributed by atoms with Crippen LogP contribution < -0.4 is 5.32 Å². The smallest absolute Gasteiger partial charge is 0.106 e. The van der Waals surface area contributed by atoms with E-state index in [1.807, 2.05) is 12.4 Å². The van der Waals surface area contributed by atoms with Gasteiger partial charge in [-0.25, -0.2) is 4.98 Å². The second-order valence-electron chi connectivity index (χ2n) is 4.81. The predicted octanol–water partition coefficient (Wildman–Crippen LogP) is 1.02. The van der Waals surface area contributed by atoms with E-state index in [4.69, 9.17) is 0 Å². The minimum Gasteiger partial charge on any atom is -0.349 e. The molecule has 1 aromatic rings. The Hall–Kier alpha value is -0.870. The molecule has 0 aromatic carbocycles. The number of aromatic nitrogens is 2. The van der Waals surface area contributed by atoms with Crippen LogP contribution >= 0.6 is 0 Å². The number of hydrogen-bond acceptors (Lipinski definition) is 3. The number of likely N-dealkylation sites (N-methyl/N-ethyl adjacent to an activating group) is 1. The number of likely N-dealkylation sites (tertiary alicyclic amines) is 1. The molecule has 1 aromatic heterocycles. The van der Waals surface area contributed by atoms with E-state index in [2.05, 4.69) is 34.2 Å². The predicted molar refractivity (Wildman–Crippen MR) is 65.4 cm³/mol. The van der Waals surface area contributed by atoms with Crippen LogP contribution in [-0.2, 0) is 6.42 Å². The third-order valence-corrected chi connectivity index (χ3v) is 3.46. The highest BCUT2D eigenvalue weighted by Gasteiger charge is 2.24. The fourth-order valence-electron chi connectivity index (χ4n) is 2.34. The molecule has 2 rings (SSSR count). The zero-order valence-corrected chi connectivity index (χ0v) is 10.2. The molecule has 0 amide bonds. The van der Waals surface area contributed by atoms with Gasteiger partial charge in [-0.2, -0.15) is 0 Å². The lowest BCUT2D eigenvalue weighted by atomic mass is 10.2. The molecule has 0 saturated carbocycles. The van der Waals surface area contributed by atoms with Gasteiger partial charge in [-0.15, -0.1) is 0 Å². The molecule has 90 valence electrons. The quantitative estimate of drug-likeness (QED) is 0.731. The maximum Gasteiger partial charge on any atom is 0.106 e. The minimum atomic E-state index is 0.677. The Morgan fingerprint density at radius 2 is 2.50 bits per heavy atom. The van der Waals surface area contributed by atoms with Gasteiger partial charge in [-0.05, 0) is 33.4 Å². The van der Waals surface area contributed by atoms with E-state index < -0.39 is 0 Å². The lowest BCUT2D eigenvalue weighted by Gasteiger charge is -2.13. The van der Waals surface area contributed by atoms with Crippen LogP contribution in [0.25, 0.3) is 0 Å². The van der Waals surface area contributed by atoms with Crippen LogP contribution in [-0.4, -0.2) is 47.1 Å². The lowest BCUT2D eigenvalue weighted by Crippen LogP contribution is -2.32. The Kier molecular flexibility index (Phi) is 3.96. The molecule has 0 spiro atoms. The Morgan fingerprint density at radius 1 is 1.62 bits per heavy atom. The topological polar surface area (TPSA) is 44.0 Å². The first-order valence-corrected chi connectivity index (χ1v) is 6.17. The largest absolute Gasteiger partial charge is 0.349 e. The van der Waals surface area contributed by atoms with Gasteiger partial charge in [0.2, 0.25) is 0 Å². The van der Waals surface area contributed by atoms with Gasteiger partial charge < -0.3 is 15.2 Å². The highest BCUT2D eigenvalue weighted by atomic mass is 15.2. The average molecular weight is 222 g/mol. The van der Waals surface area contributed by atoms with Crippen molar-refractivity contribution in [3.8, 4) is 0 Å². The van der Waals surface area contributed by atoms with Crippen LogP contribution in [0.15, 0.2) is 12.4 Å². The van der Waals surface area contributed by atoms with Gasteiger partial charge in [0.25, 0.3) is 0 Å².